The number of methoxy groups -OCH3 is 1. The highest BCUT2D eigenvalue weighted by molar-refractivity contribution is 5.91. The second kappa shape index (κ2) is 10.2. The molecule has 0 aromatic heterocycles. The summed E-state index contributed by atoms with van der Waals surface area (Å²) in [5.41, 5.74) is 4.21. The van der Waals surface area contributed by atoms with Gasteiger partial charge in [-0.2, -0.15) is 0 Å². The fraction of sp³-hybridized carbons (Fsp3) is 0.250. The molecule has 0 spiro atoms. The van der Waals surface area contributed by atoms with Crippen LogP contribution in [0, 0.1) is 0 Å². The van der Waals surface area contributed by atoms with Crippen molar-refractivity contribution in [2.75, 3.05) is 13.7 Å². The van der Waals surface area contributed by atoms with E-state index in [-0.39, 0.29) is 5.91 Å². The Morgan fingerprint density at radius 1 is 1.12 bits per heavy atom. The standard InChI is InChI=1S/C20H23NO4/c1-3-13-24-18-11-9-16(14-19(18)23-2)10-12-20(22)21-25-15-17-7-5-4-6-8-17/h4-12,14H,3,13,15H2,1-2H3,(H,21,22)/b12-10+. The lowest BCUT2D eigenvalue weighted by Gasteiger charge is -2.10. The van der Waals surface area contributed by atoms with Crippen LogP contribution in [0.2, 0.25) is 0 Å². The van der Waals surface area contributed by atoms with E-state index in [1.54, 1.807) is 13.2 Å². The summed E-state index contributed by atoms with van der Waals surface area (Å²) in [6, 6.07) is 15.1. The molecule has 5 nitrogen and oxygen atoms in total. The molecular formula is C20H23NO4. The van der Waals surface area contributed by atoms with Gasteiger partial charge in [0, 0.05) is 6.08 Å². The molecule has 2 rings (SSSR count). The van der Waals surface area contributed by atoms with Crippen LogP contribution in [0.4, 0.5) is 0 Å². The molecule has 2 aromatic carbocycles. The maximum Gasteiger partial charge on any atom is 0.267 e. The molecule has 25 heavy (non-hydrogen) atoms. The molecule has 0 aliphatic heterocycles. The minimum Gasteiger partial charge on any atom is -0.493 e. The number of carbonyl (C=O) groups excluding carboxylic acids is 1. The third-order valence-electron chi connectivity index (χ3n) is 3.33. The fourth-order valence-corrected chi connectivity index (χ4v) is 2.09. The zero-order valence-electron chi connectivity index (χ0n) is 14.5. The van der Waals surface area contributed by atoms with E-state index in [0.717, 1.165) is 17.5 Å². The van der Waals surface area contributed by atoms with Crippen molar-refractivity contribution in [2.24, 2.45) is 0 Å². The van der Waals surface area contributed by atoms with Crippen LogP contribution in [0.1, 0.15) is 24.5 Å². The molecule has 5 heteroatoms. The first-order chi connectivity index (χ1) is 12.2. The van der Waals surface area contributed by atoms with Crippen LogP contribution in [0.3, 0.4) is 0 Å². The topological polar surface area (TPSA) is 56.8 Å². The van der Waals surface area contributed by atoms with Gasteiger partial charge in [-0.25, -0.2) is 5.48 Å². The van der Waals surface area contributed by atoms with Crippen LogP contribution in [0.15, 0.2) is 54.6 Å². The van der Waals surface area contributed by atoms with Crippen molar-refractivity contribution in [3.8, 4) is 11.5 Å². The summed E-state index contributed by atoms with van der Waals surface area (Å²) in [4.78, 5) is 17.0. The molecule has 0 aliphatic carbocycles. The van der Waals surface area contributed by atoms with Gasteiger partial charge in [0.2, 0.25) is 0 Å². The number of carbonyl (C=O) groups is 1. The van der Waals surface area contributed by atoms with Gasteiger partial charge in [-0.05, 0) is 35.8 Å². The molecule has 0 bridgehead atoms. The van der Waals surface area contributed by atoms with Gasteiger partial charge in [-0.15, -0.1) is 0 Å². The smallest absolute Gasteiger partial charge is 0.267 e. The number of benzene rings is 2. The normalized spacial score (nSPS) is 10.6. The van der Waals surface area contributed by atoms with Gasteiger partial charge < -0.3 is 9.47 Å². The molecule has 2 aromatic rings. The third kappa shape index (κ3) is 6.31. The number of hydroxylamine groups is 1. The summed E-state index contributed by atoms with van der Waals surface area (Å²) in [6.45, 7) is 2.99. The number of amides is 1. The van der Waals surface area contributed by atoms with Crippen molar-refractivity contribution in [1.82, 2.24) is 5.48 Å². The lowest BCUT2D eigenvalue weighted by atomic mass is 10.2. The Bertz CT molecular complexity index is 698. The van der Waals surface area contributed by atoms with Crippen LogP contribution >= 0.6 is 0 Å². The van der Waals surface area contributed by atoms with Crippen molar-refractivity contribution < 1.29 is 19.1 Å². The Hall–Kier alpha value is -2.79. The molecule has 0 unspecified atom stereocenters. The second-order valence-electron chi connectivity index (χ2n) is 5.33. The molecule has 0 saturated heterocycles. The fourth-order valence-electron chi connectivity index (χ4n) is 2.09. The van der Waals surface area contributed by atoms with E-state index in [0.29, 0.717) is 24.7 Å². The quantitative estimate of drug-likeness (QED) is 0.557. The van der Waals surface area contributed by atoms with E-state index in [4.69, 9.17) is 14.3 Å². The molecule has 0 heterocycles. The maximum absolute atomic E-state index is 11.8. The van der Waals surface area contributed by atoms with Gasteiger partial charge in [-0.3, -0.25) is 9.63 Å². The lowest BCUT2D eigenvalue weighted by Crippen LogP contribution is -2.21. The van der Waals surface area contributed by atoms with Crippen LogP contribution in [0.25, 0.3) is 6.08 Å². The Labute approximate surface area is 148 Å². The monoisotopic (exact) mass is 341 g/mol. The summed E-state index contributed by atoms with van der Waals surface area (Å²) in [5.74, 6) is 0.995. The largest absolute Gasteiger partial charge is 0.493 e. The van der Waals surface area contributed by atoms with Crippen molar-refractivity contribution in [3.63, 3.8) is 0 Å². The van der Waals surface area contributed by atoms with Gasteiger partial charge in [0.1, 0.15) is 0 Å². The lowest BCUT2D eigenvalue weighted by molar-refractivity contribution is -0.129. The summed E-state index contributed by atoms with van der Waals surface area (Å²) < 4.78 is 10.9. The molecule has 132 valence electrons. The number of hydrogen-bond acceptors (Lipinski definition) is 4. The molecule has 0 radical (unpaired) electrons. The second-order valence-corrected chi connectivity index (χ2v) is 5.33. The minimum absolute atomic E-state index is 0.317. The predicted octanol–water partition coefficient (Wildman–Crippen LogP) is 3.75. The first-order valence-corrected chi connectivity index (χ1v) is 8.17. The van der Waals surface area contributed by atoms with Crippen molar-refractivity contribution in [3.05, 3.63) is 65.7 Å². The zero-order chi connectivity index (χ0) is 17.9. The first kappa shape index (κ1) is 18.5. The molecule has 0 aliphatic rings. The highest BCUT2D eigenvalue weighted by Crippen LogP contribution is 2.28. The zero-order valence-corrected chi connectivity index (χ0v) is 14.5. The molecule has 1 N–H and O–H groups in total. The predicted molar refractivity (Wildman–Crippen MR) is 97.2 cm³/mol. The Morgan fingerprint density at radius 3 is 2.64 bits per heavy atom. The average molecular weight is 341 g/mol. The number of ether oxygens (including phenoxy) is 2. The SMILES string of the molecule is CCCOc1ccc(/C=C/C(=O)NOCc2ccccc2)cc1OC. The van der Waals surface area contributed by atoms with Gasteiger partial charge in [0.15, 0.2) is 11.5 Å². The summed E-state index contributed by atoms with van der Waals surface area (Å²) in [5, 5.41) is 0. The van der Waals surface area contributed by atoms with Gasteiger partial charge in [-0.1, -0.05) is 43.3 Å². The summed E-state index contributed by atoms with van der Waals surface area (Å²) in [7, 11) is 1.59. The van der Waals surface area contributed by atoms with Crippen LogP contribution in [-0.4, -0.2) is 19.6 Å². The van der Waals surface area contributed by atoms with E-state index in [2.05, 4.69) is 5.48 Å². The molecule has 1 amide bonds. The third-order valence-corrected chi connectivity index (χ3v) is 3.33. The van der Waals surface area contributed by atoms with Gasteiger partial charge in [0.25, 0.3) is 5.91 Å². The van der Waals surface area contributed by atoms with E-state index < -0.39 is 0 Å². The highest BCUT2D eigenvalue weighted by Gasteiger charge is 2.04. The average Bonchev–Trinajstić information content (AvgIpc) is 2.65. The molecule has 0 saturated carbocycles. The van der Waals surface area contributed by atoms with E-state index >= 15 is 0 Å². The summed E-state index contributed by atoms with van der Waals surface area (Å²) in [6.07, 6.45) is 4.02. The van der Waals surface area contributed by atoms with Crippen LogP contribution in [0.5, 0.6) is 11.5 Å². The number of rotatable bonds is 9. The number of nitrogens with one attached hydrogen (secondary N) is 1. The van der Waals surface area contributed by atoms with Crippen molar-refractivity contribution in [1.29, 1.82) is 0 Å². The van der Waals surface area contributed by atoms with E-state index in [1.165, 1.54) is 6.08 Å². The van der Waals surface area contributed by atoms with Crippen molar-refractivity contribution in [2.45, 2.75) is 20.0 Å². The minimum atomic E-state index is -0.332. The Balaban J connectivity index is 1.86. The first-order valence-electron chi connectivity index (χ1n) is 8.17. The van der Waals surface area contributed by atoms with E-state index in [9.17, 15) is 4.79 Å². The Morgan fingerprint density at radius 2 is 1.92 bits per heavy atom. The Kier molecular flexibility index (Phi) is 7.53. The van der Waals surface area contributed by atoms with Crippen molar-refractivity contribution >= 4 is 12.0 Å². The van der Waals surface area contributed by atoms with Gasteiger partial charge >= 0.3 is 0 Å². The van der Waals surface area contributed by atoms with Crippen LogP contribution in [-0.2, 0) is 16.2 Å². The molecule has 0 fully saturated rings. The molecular weight excluding hydrogens is 318 g/mol. The molecule has 0 atom stereocenters. The number of hydrogen-bond donors (Lipinski definition) is 1. The van der Waals surface area contributed by atoms with Gasteiger partial charge in [0.05, 0.1) is 20.3 Å². The van der Waals surface area contributed by atoms with E-state index in [1.807, 2.05) is 55.5 Å². The van der Waals surface area contributed by atoms with Crippen LogP contribution < -0.4 is 15.0 Å². The summed E-state index contributed by atoms with van der Waals surface area (Å²) >= 11 is 0. The maximum atomic E-state index is 11.8. The highest BCUT2D eigenvalue weighted by atomic mass is 16.6.